The summed E-state index contributed by atoms with van der Waals surface area (Å²) >= 11 is 5.05. The van der Waals surface area contributed by atoms with E-state index in [0.29, 0.717) is 10.8 Å². The number of carbonyl (C=O) groups excluding carboxylic acids is 1. The monoisotopic (exact) mass is 432 g/mol. The fraction of sp³-hybridized carbons (Fsp3) is 0.333. The van der Waals surface area contributed by atoms with Gasteiger partial charge in [0.15, 0.2) is 4.80 Å². The number of fused-ring (bicyclic) bond motifs is 1. The molecular weight excluding hydrogens is 408 g/mol. The highest BCUT2D eigenvalue weighted by Crippen LogP contribution is 2.25. The number of carbonyl (C=O) groups is 1. The standard InChI is InChI=1S/C21H24N2O2S3/c1-14(2)27-17-7-5-6-15(12-17)20(24)22-21-23(10-11-26-4)18-9-8-16(25-3)13-19(18)28-21/h5-9,12-14H,10-11H2,1-4H3. The van der Waals surface area contributed by atoms with Crippen molar-refractivity contribution in [2.24, 2.45) is 4.99 Å². The van der Waals surface area contributed by atoms with Gasteiger partial charge in [-0.15, -0.1) is 11.8 Å². The zero-order chi connectivity index (χ0) is 20.1. The maximum absolute atomic E-state index is 12.9. The van der Waals surface area contributed by atoms with Crippen LogP contribution < -0.4 is 9.54 Å². The van der Waals surface area contributed by atoms with Crippen molar-refractivity contribution in [2.75, 3.05) is 19.1 Å². The zero-order valence-electron chi connectivity index (χ0n) is 16.5. The molecule has 0 fully saturated rings. The minimum Gasteiger partial charge on any atom is -0.497 e. The maximum Gasteiger partial charge on any atom is 0.279 e. The third-order valence-corrected chi connectivity index (χ3v) is 6.69. The van der Waals surface area contributed by atoms with E-state index in [4.69, 9.17) is 4.74 Å². The van der Waals surface area contributed by atoms with Crippen LogP contribution in [0.4, 0.5) is 0 Å². The quantitative estimate of drug-likeness (QED) is 0.474. The molecular formula is C21H24N2O2S3. The Morgan fingerprint density at radius 2 is 2.07 bits per heavy atom. The number of hydrogen-bond acceptors (Lipinski definition) is 5. The van der Waals surface area contributed by atoms with Crippen molar-refractivity contribution in [3.05, 3.63) is 52.8 Å². The Bertz CT molecular complexity index is 1040. The van der Waals surface area contributed by atoms with Crippen LogP contribution in [0.25, 0.3) is 10.2 Å². The van der Waals surface area contributed by atoms with Crippen molar-refractivity contribution < 1.29 is 9.53 Å². The van der Waals surface area contributed by atoms with Crippen LogP contribution in [0.15, 0.2) is 52.4 Å². The van der Waals surface area contributed by atoms with E-state index in [0.717, 1.165) is 38.0 Å². The van der Waals surface area contributed by atoms with Gasteiger partial charge >= 0.3 is 0 Å². The average molecular weight is 433 g/mol. The van der Waals surface area contributed by atoms with Gasteiger partial charge in [-0.1, -0.05) is 31.3 Å². The molecule has 0 aliphatic heterocycles. The predicted octanol–water partition coefficient (Wildman–Crippen LogP) is 5.32. The van der Waals surface area contributed by atoms with Crippen LogP contribution in [-0.2, 0) is 6.54 Å². The number of amides is 1. The van der Waals surface area contributed by atoms with E-state index in [1.54, 1.807) is 30.6 Å². The lowest BCUT2D eigenvalue weighted by Crippen LogP contribution is -2.18. The first-order valence-corrected chi connectivity index (χ1v) is 12.1. The highest BCUT2D eigenvalue weighted by Gasteiger charge is 2.11. The number of aryl methyl sites for hydroxylation is 1. The Labute approximate surface area is 178 Å². The van der Waals surface area contributed by atoms with Gasteiger partial charge in [0.25, 0.3) is 5.91 Å². The predicted molar refractivity (Wildman–Crippen MR) is 122 cm³/mol. The molecule has 28 heavy (non-hydrogen) atoms. The molecule has 148 valence electrons. The summed E-state index contributed by atoms with van der Waals surface area (Å²) in [6.45, 7) is 5.09. The van der Waals surface area contributed by atoms with Crippen LogP contribution in [0.3, 0.4) is 0 Å². The van der Waals surface area contributed by atoms with Crippen molar-refractivity contribution in [3.63, 3.8) is 0 Å². The number of thiazole rings is 1. The van der Waals surface area contributed by atoms with E-state index in [2.05, 4.69) is 29.7 Å². The number of methoxy groups -OCH3 is 1. The molecule has 1 heterocycles. The summed E-state index contributed by atoms with van der Waals surface area (Å²) in [6.07, 6.45) is 2.08. The molecule has 0 N–H and O–H groups in total. The number of ether oxygens (including phenoxy) is 1. The number of benzene rings is 2. The van der Waals surface area contributed by atoms with Crippen LogP contribution >= 0.6 is 34.9 Å². The molecule has 0 spiro atoms. The molecule has 7 heteroatoms. The SMILES string of the molecule is COc1ccc2c(c1)sc(=NC(=O)c1cccc(SC(C)C)c1)n2CCSC. The van der Waals surface area contributed by atoms with E-state index in [1.165, 1.54) is 11.3 Å². The molecule has 4 nitrogen and oxygen atoms in total. The summed E-state index contributed by atoms with van der Waals surface area (Å²) < 4.78 is 8.53. The molecule has 3 rings (SSSR count). The third kappa shape index (κ3) is 5.01. The van der Waals surface area contributed by atoms with Gasteiger partial charge in [0.05, 0.1) is 17.3 Å². The molecule has 0 aliphatic carbocycles. The molecule has 0 saturated heterocycles. The fourth-order valence-corrected chi connectivity index (χ4v) is 5.14. The van der Waals surface area contributed by atoms with Gasteiger partial charge in [0.2, 0.25) is 0 Å². The molecule has 0 aliphatic rings. The van der Waals surface area contributed by atoms with Crippen molar-refractivity contribution >= 4 is 51.0 Å². The Kier molecular flexibility index (Phi) is 7.26. The number of hydrogen-bond donors (Lipinski definition) is 0. The summed E-state index contributed by atoms with van der Waals surface area (Å²) in [7, 11) is 1.66. The third-order valence-electron chi connectivity index (χ3n) is 4.06. The van der Waals surface area contributed by atoms with Crippen molar-refractivity contribution in [2.45, 2.75) is 30.5 Å². The van der Waals surface area contributed by atoms with E-state index in [9.17, 15) is 4.79 Å². The summed E-state index contributed by atoms with van der Waals surface area (Å²) in [5, 5.41) is 0.466. The van der Waals surface area contributed by atoms with Crippen LogP contribution in [0.2, 0.25) is 0 Å². The second-order valence-electron chi connectivity index (χ2n) is 6.47. The molecule has 0 saturated carbocycles. The van der Waals surface area contributed by atoms with E-state index in [1.807, 2.05) is 42.5 Å². The second kappa shape index (κ2) is 9.67. The van der Waals surface area contributed by atoms with Crippen LogP contribution in [0.1, 0.15) is 24.2 Å². The van der Waals surface area contributed by atoms with E-state index in [-0.39, 0.29) is 5.91 Å². The number of nitrogens with zero attached hydrogens (tertiary/aromatic N) is 2. The highest BCUT2D eigenvalue weighted by molar-refractivity contribution is 7.99. The first-order chi connectivity index (χ1) is 13.5. The second-order valence-corrected chi connectivity index (χ2v) is 10.1. The highest BCUT2D eigenvalue weighted by atomic mass is 32.2. The average Bonchev–Trinajstić information content (AvgIpc) is 3.01. The number of thioether (sulfide) groups is 2. The van der Waals surface area contributed by atoms with E-state index < -0.39 is 0 Å². The van der Waals surface area contributed by atoms with Gasteiger partial charge in [0, 0.05) is 28.0 Å². The van der Waals surface area contributed by atoms with Crippen LogP contribution in [0, 0.1) is 0 Å². The first kappa shape index (κ1) is 21.0. The lowest BCUT2D eigenvalue weighted by molar-refractivity contribution is 0.0997. The minimum absolute atomic E-state index is 0.206. The van der Waals surface area contributed by atoms with Crippen LogP contribution in [0.5, 0.6) is 5.75 Å². The summed E-state index contributed by atoms with van der Waals surface area (Å²) in [5.74, 6) is 1.56. The molecule has 0 bridgehead atoms. The number of aromatic nitrogens is 1. The number of rotatable bonds is 7. The molecule has 1 amide bonds. The van der Waals surface area contributed by atoms with Gasteiger partial charge in [0.1, 0.15) is 5.75 Å². The molecule has 0 radical (unpaired) electrons. The van der Waals surface area contributed by atoms with Crippen molar-refractivity contribution in [1.29, 1.82) is 0 Å². The normalized spacial score (nSPS) is 12.1. The lowest BCUT2D eigenvalue weighted by atomic mass is 10.2. The van der Waals surface area contributed by atoms with Gasteiger partial charge in [-0.2, -0.15) is 16.8 Å². The topological polar surface area (TPSA) is 43.6 Å². The molecule has 0 atom stereocenters. The van der Waals surface area contributed by atoms with Gasteiger partial charge in [-0.05, 0) is 42.7 Å². The Morgan fingerprint density at radius 3 is 2.79 bits per heavy atom. The van der Waals surface area contributed by atoms with Gasteiger partial charge < -0.3 is 9.30 Å². The molecule has 0 unspecified atom stereocenters. The fourth-order valence-electron chi connectivity index (χ4n) is 2.79. The van der Waals surface area contributed by atoms with Crippen LogP contribution in [-0.4, -0.2) is 34.8 Å². The molecule has 3 aromatic rings. The summed E-state index contributed by atoms with van der Waals surface area (Å²) in [4.78, 5) is 19.2. The van der Waals surface area contributed by atoms with Gasteiger partial charge in [-0.25, -0.2) is 0 Å². The first-order valence-electron chi connectivity index (χ1n) is 9.04. The lowest BCUT2D eigenvalue weighted by Gasteiger charge is -2.06. The van der Waals surface area contributed by atoms with E-state index >= 15 is 0 Å². The molecule has 2 aromatic carbocycles. The zero-order valence-corrected chi connectivity index (χ0v) is 18.9. The van der Waals surface area contributed by atoms with Crippen molar-refractivity contribution in [3.8, 4) is 5.75 Å². The summed E-state index contributed by atoms with van der Waals surface area (Å²) in [6, 6.07) is 13.7. The summed E-state index contributed by atoms with van der Waals surface area (Å²) in [5.41, 5.74) is 1.70. The van der Waals surface area contributed by atoms with Gasteiger partial charge in [-0.3, -0.25) is 4.79 Å². The minimum atomic E-state index is -0.206. The van der Waals surface area contributed by atoms with Crippen molar-refractivity contribution in [1.82, 2.24) is 4.57 Å². The molecule has 1 aromatic heterocycles. The largest absolute Gasteiger partial charge is 0.497 e. The smallest absolute Gasteiger partial charge is 0.279 e. The maximum atomic E-state index is 12.9. The Balaban J connectivity index is 2.03. The Morgan fingerprint density at radius 1 is 1.25 bits per heavy atom. The Hall–Kier alpha value is -1.70.